The fourth-order valence-corrected chi connectivity index (χ4v) is 3.42. The van der Waals surface area contributed by atoms with E-state index >= 15 is 0 Å². The van der Waals surface area contributed by atoms with Crippen molar-refractivity contribution >= 4 is 33.7 Å². The summed E-state index contributed by atoms with van der Waals surface area (Å²) in [6, 6.07) is 11.0. The highest BCUT2D eigenvalue weighted by Crippen LogP contribution is 2.29. The zero-order valence-electron chi connectivity index (χ0n) is 15.7. The van der Waals surface area contributed by atoms with Gasteiger partial charge in [0.2, 0.25) is 5.96 Å². The van der Waals surface area contributed by atoms with Gasteiger partial charge in [-0.3, -0.25) is 4.98 Å². The lowest BCUT2D eigenvalue weighted by molar-refractivity contribution is 0.450. The molecule has 1 unspecified atom stereocenters. The average Bonchev–Trinajstić information content (AvgIpc) is 3.26. The smallest absolute Gasteiger partial charge is 0.408 e. The van der Waals surface area contributed by atoms with Gasteiger partial charge in [0.05, 0.1) is 11.2 Å². The number of aromatic amines is 1. The number of nitrogens with one attached hydrogen (secondary N) is 3. The van der Waals surface area contributed by atoms with Crippen molar-refractivity contribution in [3.8, 4) is 0 Å². The number of anilines is 1. The standard InChI is InChI=1S/C20H18N6O3/c1-10-9-22-18(23-13-4-6-16-14(8-13)11(2)26-29-16)25-20(10,21)12-3-5-17-15(7-12)24-19(27)28-17/h3-9H,21H2,1-2H3,(H,24,27)(H2,22,23,25). The Labute approximate surface area is 164 Å². The number of oxazole rings is 1. The highest BCUT2D eigenvalue weighted by atomic mass is 16.5. The third-order valence-electron chi connectivity index (χ3n) is 5.11. The van der Waals surface area contributed by atoms with Crippen LogP contribution in [-0.4, -0.2) is 16.1 Å². The second-order valence-corrected chi connectivity index (χ2v) is 7.05. The first kappa shape index (κ1) is 17.3. The number of aromatic nitrogens is 2. The molecule has 146 valence electrons. The second-order valence-electron chi connectivity index (χ2n) is 7.05. The van der Waals surface area contributed by atoms with E-state index in [4.69, 9.17) is 14.7 Å². The molecule has 0 fully saturated rings. The first-order valence-electron chi connectivity index (χ1n) is 9.01. The summed E-state index contributed by atoms with van der Waals surface area (Å²) in [6.45, 7) is 3.78. The topological polar surface area (TPSA) is 134 Å². The van der Waals surface area contributed by atoms with Gasteiger partial charge in [-0.25, -0.2) is 9.79 Å². The van der Waals surface area contributed by atoms with Crippen LogP contribution in [0.15, 0.2) is 66.9 Å². The number of hydrogen-bond donors (Lipinski definition) is 4. The van der Waals surface area contributed by atoms with E-state index in [2.05, 4.69) is 25.8 Å². The molecule has 0 amide bonds. The normalized spacial score (nSPS) is 19.1. The number of nitrogens with zero attached hydrogens (tertiary/aromatic N) is 2. The zero-order chi connectivity index (χ0) is 20.2. The maximum absolute atomic E-state index is 11.5. The lowest BCUT2D eigenvalue weighted by atomic mass is 9.92. The summed E-state index contributed by atoms with van der Waals surface area (Å²) in [6.07, 6.45) is 1.71. The Morgan fingerprint density at radius 1 is 1.14 bits per heavy atom. The van der Waals surface area contributed by atoms with Gasteiger partial charge >= 0.3 is 5.76 Å². The van der Waals surface area contributed by atoms with Crippen LogP contribution < -0.4 is 22.1 Å². The van der Waals surface area contributed by atoms with Crippen LogP contribution >= 0.6 is 0 Å². The molecule has 0 radical (unpaired) electrons. The Morgan fingerprint density at radius 3 is 2.83 bits per heavy atom. The molecular weight excluding hydrogens is 372 g/mol. The number of rotatable bonds is 2. The molecule has 3 heterocycles. The number of guanidine groups is 1. The lowest BCUT2D eigenvalue weighted by Gasteiger charge is -2.35. The van der Waals surface area contributed by atoms with Crippen molar-refractivity contribution in [2.24, 2.45) is 10.7 Å². The molecule has 1 aliphatic rings. The van der Waals surface area contributed by atoms with Crippen molar-refractivity contribution in [3.05, 3.63) is 70.0 Å². The molecular formula is C20H18N6O3. The molecule has 0 spiro atoms. The Hall–Kier alpha value is -3.85. The van der Waals surface area contributed by atoms with Gasteiger partial charge in [-0.05, 0) is 55.3 Å². The SMILES string of the molecule is CC1=CN=C(Nc2ccc3onc(C)c3c2)NC1(N)c1ccc2oc(=O)[nH]c2c1. The molecule has 0 bridgehead atoms. The predicted molar refractivity (Wildman–Crippen MR) is 109 cm³/mol. The molecule has 0 saturated carbocycles. The number of aliphatic imine (C=N–C) groups is 1. The fourth-order valence-electron chi connectivity index (χ4n) is 3.42. The largest absolute Gasteiger partial charge is 0.417 e. The molecule has 4 aromatic rings. The number of aryl methyl sites for hydroxylation is 1. The van der Waals surface area contributed by atoms with Crippen LogP contribution in [0.25, 0.3) is 22.1 Å². The van der Waals surface area contributed by atoms with Crippen LogP contribution in [0.5, 0.6) is 0 Å². The summed E-state index contributed by atoms with van der Waals surface area (Å²) in [5, 5.41) is 11.4. The van der Waals surface area contributed by atoms with Crippen molar-refractivity contribution in [1.29, 1.82) is 0 Å². The molecule has 9 heteroatoms. The van der Waals surface area contributed by atoms with Crippen molar-refractivity contribution < 1.29 is 8.94 Å². The highest BCUT2D eigenvalue weighted by Gasteiger charge is 2.33. The van der Waals surface area contributed by atoms with Gasteiger partial charge in [0.25, 0.3) is 0 Å². The number of benzene rings is 2. The Morgan fingerprint density at radius 2 is 1.97 bits per heavy atom. The number of fused-ring (bicyclic) bond motifs is 2. The van der Waals surface area contributed by atoms with Crippen LogP contribution in [0.1, 0.15) is 18.2 Å². The van der Waals surface area contributed by atoms with Gasteiger partial charge in [-0.2, -0.15) is 0 Å². The van der Waals surface area contributed by atoms with Gasteiger partial charge < -0.3 is 25.3 Å². The Bertz CT molecular complexity index is 1380. The van der Waals surface area contributed by atoms with Crippen LogP contribution in [0.4, 0.5) is 5.69 Å². The molecule has 1 aliphatic heterocycles. The van der Waals surface area contributed by atoms with Crippen LogP contribution in [-0.2, 0) is 5.66 Å². The van der Waals surface area contributed by atoms with Crippen molar-refractivity contribution in [2.75, 3.05) is 5.32 Å². The molecule has 0 saturated heterocycles. The van der Waals surface area contributed by atoms with E-state index in [1.54, 1.807) is 18.3 Å². The summed E-state index contributed by atoms with van der Waals surface area (Å²) in [5.74, 6) is -0.0113. The van der Waals surface area contributed by atoms with Crippen LogP contribution in [0, 0.1) is 6.92 Å². The summed E-state index contributed by atoms with van der Waals surface area (Å²) >= 11 is 0. The van der Waals surface area contributed by atoms with E-state index < -0.39 is 11.4 Å². The number of hydrogen-bond acceptors (Lipinski definition) is 8. The van der Waals surface area contributed by atoms with Crippen molar-refractivity contribution in [3.63, 3.8) is 0 Å². The Balaban J connectivity index is 1.47. The molecule has 5 N–H and O–H groups in total. The first-order valence-corrected chi connectivity index (χ1v) is 9.01. The molecule has 0 aliphatic carbocycles. The molecule has 2 aromatic carbocycles. The minimum Gasteiger partial charge on any atom is -0.408 e. The summed E-state index contributed by atoms with van der Waals surface area (Å²) in [4.78, 5) is 18.5. The minimum atomic E-state index is -1.01. The third kappa shape index (κ3) is 2.79. The molecule has 2 aromatic heterocycles. The van der Waals surface area contributed by atoms with Crippen molar-refractivity contribution in [1.82, 2.24) is 15.5 Å². The van der Waals surface area contributed by atoms with Crippen molar-refractivity contribution in [2.45, 2.75) is 19.5 Å². The number of nitrogens with two attached hydrogens (primary N) is 1. The van der Waals surface area contributed by atoms with Crippen LogP contribution in [0.2, 0.25) is 0 Å². The van der Waals surface area contributed by atoms with E-state index in [1.807, 2.05) is 38.1 Å². The number of H-pyrrole nitrogens is 1. The van der Waals surface area contributed by atoms with E-state index in [-0.39, 0.29) is 0 Å². The fraction of sp³-hybridized carbons (Fsp3) is 0.150. The summed E-state index contributed by atoms with van der Waals surface area (Å²) in [7, 11) is 0. The van der Waals surface area contributed by atoms with E-state index in [0.717, 1.165) is 33.5 Å². The third-order valence-corrected chi connectivity index (χ3v) is 5.11. The predicted octanol–water partition coefficient (Wildman–Crippen LogP) is 2.66. The van der Waals surface area contributed by atoms with Gasteiger partial charge in [0.15, 0.2) is 11.2 Å². The molecule has 9 nitrogen and oxygen atoms in total. The average molecular weight is 390 g/mol. The first-order chi connectivity index (χ1) is 13.9. The molecule has 29 heavy (non-hydrogen) atoms. The quantitative estimate of drug-likeness (QED) is 0.413. The highest BCUT2D eigenvalue weighted by molar-refractivity contribution is 5.97. The van der Waals surface area contributed by atoms with Gasteiger partial charge in [-0.15, -0.1) is 0 Å². The van der Waals surface area contributed by atoms with E-state index in [9.17, 15) is 4.79 Å². The Kier molecular flexibility index (Phi) is 3.62. The second kappa shape index (κ2) is 6.08. The van der Waals surface area contributed by atoms with Gasteiger partial charge in [0, 0.05) is 17.3 Å². The molecule has 5 rings (SSSR count). The van der Waals surface area contributed by atoms with Gasteiger partial charge in [-0.1, -0.05) is 11.2 Å². The van der Waals surface area contributed by atoms with E-state index in [1.165, 1.54) is 0 Å². The summed E-state index contributed by atoms with van der Waals surface area (Å²) < 4.78 is 10.3. The maximum atomic E-state index is 11.5. The minimum absolute atomic E-state index is 0.476. The summed E-state index contributed by atoms with van der Waals surface area (Å²) in [5.41, 5.74) is 10.7. The van der Waals surface area contributed by atoms with Gasteiger partial charge in [0.1, 0.15) is 5.66 Å². The molecule has 1 atom stereocenters. The lowest BCUT2D eigenvalue weighted by Crippen LogP contribution is -2.57. The monoisotopic (exact) mass is 390 g/mol. The maximum Gasteiger partial charge on any atom is 0.417 e. The van der Waals surface area contributed by atoms with E-state index in [0.29, 0.717) is 17.1 Å². The van der Waals surface area contributed by atoms with Crippen LogP contribution in [0.3, 0.4) is 0 Å². The zero-order valence-corrected chi connectivity index (χ0v) is 15.7.